The van der Waals surface area contributed by atoms with Gasteiger partial charge in [-0.25, -0.2) is 22.2 Å². The van der Waals surface area contributed by atoms with Crippen LogP contribution in [0, 0.1) is 23.0 Å². The molecule has 3 rings (SSSR count). The van der Waals surface area contributed by atoms with Gasteiger partial charge < -0.3 is 0 Å². The van der Waals surface area contributed by atoms with E-state index < -0.39 is 27.7 Å². The predicted octanol–water partition coefficient (Wildman–Crippen LogP) is 2.63. The van der Waals surface area contributed by atoms with Crippen LogP contribution in [0.1, 0.15) is 24.0 Å². The van der Waals surface area contributed by atoms with Gasteiger partial charge in [-0.05, 0) is 43.0 Å². The maximum absolute atomic E-state index is 13.9. The fourth-order valence-electron chi connectivity index (χ4n) is 3.03. The number of aromatic nitrogens is 1. The van der Waals surface area contributed by atoms with Gasteiger partial charge in [0.05, 0.1) is 11.6 Å². The lowest BCUT2D eigenvalue weighted by molar-refractivity contribution is 0.378. The van der Waals surface area contributed by atoms with Crippen molar-refractivity contribution in [1.29, 1.82) is 5.26 Å². The molecular weight excluding hydrogens is 348 g/mol. The van der Waals surface area contributed by atoms with Gasteiger partial charge >= 0.3 is 0 Å². The first-order valence-corrected chi connectivity index (χ1v) is 9.18. The van der Waals surface area contributed by atoms with Gasteiger partial charge in [0.1, 0.15) is 0 Å². The third-order valence-corrected chi connectivity index (χ3v) is 6.10. The molecule has 1 unspecified atom stereocenters. The van der Waals surface area contributed by atoms with Crippen molar-refractivity contribution in [3.63, 3.8) is 0 Å². The molecule has 5 nitrogen and oxygen atoms in total. The van der Waals surface area contributed by atoms with Crippen molar-refractivity contribution in [2.24, 2.45) is 0 Å². The molecular formula is C17H15F2N3O2S. The Balaban J connectivity index is 1.90. The summed E-state index contributed by atoms with van der Waals surface area (Å²) in [6.07, 6.45) is 2.52. The average Bonchev–Trinajstić information content (AvgIpc) is 3.08. The average molecular weight is 363 g/mol. The van der Waals surface area contributed by atoms with Crippen molar-refractivity contribution in [1.82, 2.24) is 9.29 Å². The highest BCUT2D eigenvalue weighted by Crippen LogP contribution is 2.28. The van der Waals surface area contributed by atoms with Gasteiger partial charge in [0.2, 0.25) is 0 Å². The van der Waals surface area contributed by atoms with Crippen molar-refractivity contribution >= 4 is 10.0 Å². The monoisotopic (exact) mass is 363 g/mol. The number of pyridine rings is 1. The second kappa shape index (κ2) is 6.86. The van der Waals surface area contributed by atoms with E-state index in [1.165, 1.54) is 34.8 Å². The van der Waals surface area contributed by atoms with Crippen molar-refractivity contribution < 1.29 is 17.2 Å². The van der Waals surface area contributed by atoms with E-state index in [4.69, 9.17) is 5.26 Å². The summed E-state index contributed by atoms with van der Waals surface area (Å²) in [4.78, 5) is 3.86. The number of hydrogen-bond acceptors (Lipinski definition) is 4. The van der Waals surface area contributed by atoms with Crippen LogP contribution in [0.5, 0.6) is 0 Å². The van der Waals surface area contributed by atoms with Gasteiger partial charge in [-0.15, -0.1) is 0 Å². The van der Waals surface area contributed by atoms with Crippen molar-refractivity contribution in [3.8, 4) is 6.07 Å². The molecule has 0 saturated carbocycles. The maximum Gasteiger partial charge on any atom is 0.260 e. The van der Waals surface area contributed by atoms with Crippen LogP contribution in [0.2, 0.25) is 0 Å². The van der Waals surface area contributed by atoms with Crippen LogP contribution in [0.3, 0.4) is 0 Å². The third-order valence-electron chi connectivity index (χ3n) is 4.25. The lowest BCUT2D eigenvalue weighted by atomic mass is 10.0. The van der Waals surface area contributed by atoms with E-state index in [9.17, 15) is 17.2 Å². The van der Waals surface area contributed by atoms with Gasteiger partial charge in [0.15, 0.2) is 16.7 Å². The Morgan fingerprint density at radius 1 is 1.32 bits per heavy atom. The molecule has 1 atom stereocenters. The summed E-state index contributed by atoms with van der Waals surface area (Å²) >= 11 is 0. The van der Waals surface area contributed by atoms with Gasteiger partial charge in [0.25, 0.3) is 10.0 Å². The largest absolute Gasteiger partial charge is 0.260 e. The molecule has 25 heavy (non-hydrogen) atoms. The Hall–Kier alpha value is -2.37. The molecule has 0 bridgehead atoms. The molecule has 8 heteroatoms. The number of nitriles is 1. The highest BCUT2D eigenvalue weighted by molar-refractivity contribution is 7.89. The lowest BCUT2D eigenvalue weighted by Crippen LogP contribution is -2.37. The normalized spacial score (nSPS) is 18.2. The van der Waals surface area contributed by atoms with E-state index in [1.807, 2.05) is 6.07 Å². The van der Waals surface area contributed by atoms with Crippen LogP contribution in [0.15, 0.2) is 41.6 Å². The fourth-order valence-corrected chi connectivity index (χ4v) is 4.68. The molecule has 2 aromatic rings. The molecule has 1 aliphatic rings. The number of rotatable bonds is 4. The molecule has 2 heterocycles. The molecule has 130 valence electrons. The number of halogens is 2. The Bertz CT molecular complexity index is 941. The highest BCUT2D eigenvalue weighted by atomic mass is 32.2. The Labute approximate surface area is 144 Å². The molecule has 0 N–H and O–H groups in total. The van der Waals surface area contributed by atoms with E-state index in [1.54, 1.807) is 0 Å². The molecule has 1 aromatic heterocycles. The minimum absolute atomic E-state index is 0.0841. The molecule has 0 aliphatic carbocycles. The minimum Gasteiger partial charge on any atom is -0.243 e. The van der Waals surface area contributed by atoms with Crippen LogP contribution in [-0.2, 0) is 16.4 Å². The Kier molecular flexibility index (Phi) is 4.79. The first-order chi connectivity index (χ1) is 11.9. The number of nitrogens with zero attached hydrogens (tertiary/aromatic N) is 3. The van der Waals surface area contributed by atoms with Crippen LogP contribution in [-0.4, -0.2) is 30.3 Å². The summed E-state index contributed by atoms with van der Waals surface area (Å²) in [5, 5.41) is 8.72. The van der Waals surface area contributed by atoms with Crippen molar-refractivity contribution in [2.75, 3.05) is 6.54 Å². The predicted molar refractivity (Wildman–Crippen MR) is 85.9 cm³/mol. The summed E-state index contributed by atoms with van der Waals surface area (Å²) in [5.41, 5.74) is 0.339. The Morgan fingerprint density at radius 3 is 2.88 bits per heavy atom. The molecule has 0 radical (unpaired) electrons. The minimum atomic E-state index is -3.91. The molecule has 1 aliphatic heterocycles. The van der Waals surface area contributed by atoms with Crippen LogP contribution >= 0.6 is 0 Å². The van der Waals surface area contributed by atoms with Crippen molar-refractivity contribution in [3.05, 3.63) is 59.3 Å². The van der Waals surface area contributed by atoms with Crippen molar-refractivity contribution in [2.45, 2.75) is 30.3 Å². The van der Waals surface area contributed by atoms with Gasteiger partial charge in [0, 0.05) is 18.8 Å². The van der Waals surface area contributed by atoms with E-state index in [0.717, 1.165) is 6.07 Å². The third kappa shape index (κ3) is 3.38. The first kappa shape index (κ1) is 17.5. The zero-order chi connectivity index (χ0) is 18.0. The smallest absolute Gasteiger partial charge is 0.243 e. The summed E-state index contributed by atoms with van der Waals surface area (Å²) in [6.45, 7) is 0.280. The second-order valence-corrected chi connectivity index (χ2v) is 7.66. The summed E-state index contributed by atoms with van der Waals surface area (Å²) in [7, 11) is -3.91. The maximum atomic E-state index is 13.9. The summed E-state index contributed by atoms with van der Waals surface area (Å²) < 4.78 is 54.2. The van der Waals surface area contributed by atoms with Crippen LogP contribution in [0.4, 0.5) is 8.78 Å². The zero-order valence-electron chi connectivity index (χ0n) is 13.2. The fraction of sp³-hybridized carbons (Fsp3) is 0.294. The molecule has 1 saturated heterocycles. The number of hydrogen-bond donors (Lipinski definition) is 0. The summed E-state index contributed by atoms with van der Waals surface area (Å²) in [6, 6.07) is 7.92. The van der Waals surface area contributed by atoms with E-state index in [0.29, 0.717) is 12.8 Å². The first-order valence-electron chi connectivity index (χ1n) is 7.74. The van der Waals surface area contributed by atoms with Gasteiger partial charge in [-0.3, -0.25) is 0 Å². The van der Waals surface area contributed by atoms with Gasteiger partial charge in [-0.2, -0.15) is 9.57 Å². The Morgan fingerprint density at radius 2 is 2.12 bits per heavy atom. The van der Waals surface area contributed by atoms with Gasteiger partial charge in [-0.1, -0.05) is 12.1 Å². The van der Waals surface area contributed by atoms with E-state index in [2.05, 4.69) is 4.98 Å². The molecule has 0 amide bonds. The standard InChI is InChI=1S/C17H15F2N3O2S/c18-15-5-1-3-13(17(15)19)10-14-4-2-8-22(14)25(23,24)16-9-12(11-20)6-7-21-16/h1,3,5-7,9,14H,2,4,8,10H2. The molecule has 1 aromatic carbocycles. The SMILES string of the molecule is N#Cc1ccnc(S(=O)(=O)N2CCCC2Cc2cccc(F)c2F)c1. The second-order valence-electron chi connectivity index (χ2n) is 5.82. The molecule has 1 fully saturated rings. The lowest BCUT2D eigenvalue weighted by Gasteiger charge is -2.24. The van der Waals surface area contributed by atoms with E-state index in [-0.39, 0.29) is 29.1 Å². The zero-order valence-corrected chi connectivity index (χ0v) is 14.0. The molecule has 0 spiro atoms. The van der Waals surface area contributed by atoms with E-state index >= 15 is 0 Å². The highest BCUT2D eigenvalue weighted by Gasteiger charge is 2.36. The number of benzene rings is 1. The van der Waals surface area contributed by atoms with Crippen LogP contribution in [0.25, 0.3) is 0 Å². The topological polar surface area (TPSA) is 74.1 Å². The summed E-state index contributed by atoms with van der Waals surface area (Å²) in [5.74, 6) is -1.90. The quantitative estimate of drug-likeness (QED) is 0.837. The van der Waals surface area contributed by atoms with Crippen LogP contribution < -0.4 is 0 Å². The number of sulfonamides is 1.